The number of hydrogen-bond donors (Lipinski definition) is 0. The van der Waals surface area contributed by atoms with Crippen LogP contribution in [0.2, 0.25) is 5.02 Å². The van der Waals surface area contributed by atoms with Gasteiger partial charge in [-0.15, -0.1) is 10.2 Å². The van der Waals surface area contributed by atoms with Crippen LogP contribution >= 0.6 is 11.6 Å². The van der Waals surface area contributed by atoms with E-state index in [1.807, 2.05) is 36.4 Å². The third kappa shape index (κ3) is 2.76. The molecule has 0 atom stereocenters. The Morgan fingerprint density at radius 2 is 1.71 bits per heavy atom. The van der Waals surface area contributed by atoms with E-state index in [0.717, 1.165) is 22.4 Å². The van der Waals surface area contributed by atoms with Crippen LogP contribution in [0.4, 0.5) is 0 Å². The molecule has 5 heteroatoms. The quantitative estimate of drug-likeness (QED) is 0.720. The van der Waals surface area contributed by atoms with Crippen molar-refractivity contribution in [3.63, 3.8) is 0 Å². The van der Waals surface area contributed by atoms with Crippen molar-refractivity contribution < 1.29 is 9.15 Å². The van der Waals surface area contributed by atoms with Gasteiger partial charge in [-0.1, -0.05) is 23.7 Å². The lowest BCUT2D eigenvalue weighted by atomic mass is 10.0. The summed E-state index contributed by atoms with van der Waals surface area (Å²) in [4.78, 5) is 0. The van der Waals surface area contributed by atoms with Gasteiger partial charge in [0.05, 0.1) is 7.11 Å². The fourth-order valence-electron chi connectivity index (χ4n) is 2.11. The zero-order valence-electron chi connectivity index (χ0n) is 11.6. The van der Waals surface area contributed by atoms with Crippen LogP contribution in [0.15, 0.2) is 46.9 Å². The van der Waals surface area contributed by atoms with Crippen molar-refractivity contribution in [1.29, 1.82) is 0 Å². The summed E-state index contributed by atoms with van der Waals surface area (Å²) in [5.74, 6) is 1.84. The van der Waals surface area contributed by atoms with Gasteiger partial charge >= 0.3 is 0 Å². The van der Waals surface area contributed by atoms with Crippen LogP contribution in [0, 0.1) is 6.92 Å². The molecule has 4 nitrogen and oxygen atoms in total. The summed E-state index contributed by atoms with van der Waals surface area (Å²) < 4.78 is 10.8. The fourth-order valence-corrected chi connectivity index (χ4v) is 2.28. The zero-order chi connectivity index (χ0) is 14.8. The van der Waals surface area contributed by atoms with Gasteiger partial charge < -0.3 is 9.15 Å². The van der Waals surface area contributed by atoms with Gasteiger partial charge in [-0.3, -0.25) is 0 Å². The number of rotatable bonds is 3. The summed E-state index contributed by atoms with van der Waals surface area (Å²) in [6.45, 7) is 1.77. The average molecular weight is 301 g/mol. The van der Waals surface area contributed by atoms with Gasteiger partial charge in [-0.25, -0.2) is 0 Å². The first-order valence-electron chi connectivity index (χ1n) is 6.42. The molecule has 0 radical (unpaired) electrons. The van der Waals surface area contributed by atoms with Gasteiger partial charge in [0.25, 0.3) is 0 Å². The lowest BCUT2D eigenvalue weighted by Crippen LogP contribution is -1.88. The predicted octanol–water partition coefficient (Wildman–Crippen LogP) is 4.37. The highest BCUT2D eigenvalue weighted by Crippen LogP contribution is 2.33. The number of aromatic nitrogens is 2. The molecule has 1 aromatic heterocycles. The van der Waals surface area contributed by atoms with E-state index in [9.17, 15) is 0 Å². The minimum Gasteiger partial charge on any atom is -0.496 e. The van der Waals surface area contributed by atoms with E-state index in [4.69, 9.17) is 20.8 Å². The van der Waals surface area contributed by atoms with E-state index in [0.29, 0.717) is 16.8 Å². The van der Waals surface area contributed by atoms with E-state index in [2.05, 4.69) is 10.2 Å². The van der Waals surface area contributed by atoms with Gasteiger partial charge in [0.15, 0.2) is 0 Å². The van der Waals surface area contributed by atoms with Gasteiger partial charge in [0.2, 0.25) is 11.8 Å². The van der Waals surface area contributed by atoms with E-state index in [1.165, 1.54) is 0 Å². The maximum absolute atomic E-state index is 6.06. The van der Waals surface area contributed by atoms with E-state index in [1.54, 1.807) is 20.1 Å². The average Bonchev–Trinajstić information content (AvgIpc) is 2.94. The molecule has 0 saturated carbocycles. The normalized spacial score (nSPS) is 10.6. The summed E-state index contributed by atoms with van der Waals surface area (Å²) in [5.41, 5.74) is 2.83. The molecule has 3 rings (SSSR count). The summed E-state index contributed by atoms with van der Waals surface area (Å²) in [7, 11) is 1.64. The molecule has 0 N–H and O–H groups in total. The number of nitrogens with zero attached hydrogens (tertiary/aromatic N) is 2. The lowest BCUT2D eigenvalue weighted by Gasteiger charge is -2.09. The third-order valence-electron chi connectivity index (χ3n) is 3.13. The molecule has 3 aromatic rings. The summed E-state index contributed by atoms with van der Waals surface area (Å²) >= 11 is 6.06. The molecule has 21 heavy (non-hydrogen) atoms. The Morgan fingerprint density at radius 3 is 2.33 bits per heavy atom. The second kappa shape index (κ2) is 5.58. The number of methoxy groups -OCH3 is 1. The molecule has 0 unspecified atom stereocenters. The minimum atomic E-state index is 0.511. The molecule has 1 heterocycles. The molecule has 0 saturated heterocycles. The van der Waals surface area contributed by atoms with Crippen LogP contribution in [0.25, 0.3) is 22.6 Å². The van der Waals surface area contributed by atoms with E-state index < -0.39 is 0 Å². The molecular formula is C16H13ClN2O2. The summed E-state index contributed by atoms with van der Waals surface area (Å²) in [6.07, 6.45) is 0. The Balaban J connectivity index is 1.99. The number of halogens is 1. The first-order valence-corrected chi connectivity index (χ1v) is 6.79. The molecule has 0 fully saturated rings. The van der Waals surface area contributed by atoms with Gasteiger partial charge in [-0.05, 0) is 35.9 Å². The van der Waals surface area contributed by atoms with Crippen LogP contribution in [0.5, 0.6) is 5.75 Å². The topological polar surface area (TPSA) is 48.2 Å². The molecule has 0 bridgehead atoms. The number of aryl methyl sites for hydroxylation is 1. The SMILES string of the molecule is COc1ccc(Cl)cc1-c1ccc(-c2nnc(C)o2)cc1. The number of ether oxygens (including phenoxy) is 1. The smallest absolute Gasteiger partial charge is 0.247 e. The summed E-state index contributed by atoms with van der Waals surface area (Å²) in [5, 5.41) is 8.50. The zero-order valence-corrected chi connectivity index (χ0v) is 12.4. The van der Waals surface area contributed by atoms with Crippen molar-refractivity contribution in [2.45, 2.75) is 6.92 Å². The van der Waals surface area contributed by atoms with E-state index >= 15 is 0 Å². The Labute approximate surface area is 127 Å². The van der Waals surface area contributed by atoms with Crippen molar-refractivity contribution in [1.82, 2.24) is 10.2 Å². The van der Waals surface area contributed by atoms with Gasteiger partial charge in [0, 0.05) is 23.1 Å². The van der Waals surface area contributed by atoms with E-state index in [-0.39, 0.29) is 0 Å². The Morgan fingerprint density at radius 1 is 1.00 bits per heavy atom. The highest BCUT2D eigenvalue weighted by Gasteiger charge is 2.09. The first kappa shape index (κ1) is 13.6. The van der Waals surface area contributed by atoms with Gasteiger partial charge in [0.1, 0.15) is 5.75 Å². The second-order valence-electron chi connectivity index (χ2n) is 4.55. The van der Waals surface area contributed by atoms with Crippen LogP contribution in [0.1, 0.15) is 5.89 Å². The molecule has 0 aliphatic rings. The second-order valence-corrected chi connectivity index (χ2v) is 4.98. The van der Waals surface area contributed by atoms with Crippen molar-refractivity contribution in [3.05, 3.63) is 53.4 Å². The number of benzene rings is 2. The Bertz CT molecular complexity index is 766. The molecule has 0 aliphatic heterocycles. The van der Waals surface area contributed by atoms with Crippen LogP contribution in [0.3, 0.4) is 0 Å². The van der Waals surface area contributed by atoms with Crippen molar-refractivity contribution in [2.75, 3.05) is 7.11 Å². The molecule has 0 spiro atoms. The van der Waals surface area contributed by atoms with Gasteiger partial charge in [-0.2, -0.15) is 0 Å². The summed E-state index contributed by atoms with van der Waals surface area (Å²) in [6, 6.07) is 13.4. The molecule has 0 aliphatic carbocycles. The largest absolute Gasteiger partial charge is 0.496 e. The Kier molecular flexibility index (Phi) is 3.62. The predicted molar refractivity (Wildman–Crippen MR) is 81.5 cm³/mol. The Hall–Kier alpha value is -2.33. The van der Waals surface area contributed by atoms with Crippen LogP contribution in [-0.4, -0.2) is 17.3 Å². The highest BCUT2D eigenvalue weighted by atomic mass is 35.5. The van der Waals surface area contributed by atoms with Crippen LogP contribution in [-0.2, 0) is 0 Å². The minimum absolute atomic E-state index is 0.511. The van der Waals surface area contributed by atoms with Crippen molar-refractivity contribution >= 4 is 11.6 Å². The first-order chi connectivity index (χ1) is 10.2. The monoisotopic (exact) mass is 300 g/mol. The lowest BCUT2D eigenvalue weighted by molar-refractivity contribution is 0.416. The highest BCUT2D eigenvalue weighted by molar-refractivity contribution is 6.31. The molecular weight excluding hydrogens is 288 g/mol. The molecule has 106 valence electrons. The third-order valence-corrected chi connectivity index (χ3v) is 3.37. The van der Waals surface area contributed by atoms with Crippen molar-refractivity contribution in [2.24, 2.45) is 0 Å². The molecule has 2 aromatic carbocycles. The maximum Gasteiger partial charge on any atom is 0.247 e. The molecule has 0 amide bonds. The van der Waals surface area contributed by atoms with Crippen LogP contribution < -0.4 is 4.74 Å². The fraction of sp³-hybridized carbons (Fsp3) is 0.125. The standard InChI is InChI=1S/C16H13ClN2O2/c1-10-18-19-16(21-10)12-5-3-11(4-6-12)14-9-13(17)7-8-15(14)20-2/h3-9H,1-2H3. The number of hydrogen-bond acceptors (Lipinski definition) is 4. The van der Waals surface area contributed by atoms with Crippen molar-refractivity contribution in [3.8, 4) is 28.3 Å². The maximum atomic E-state index is 6.06.